The molecule has 40 N–H and O–H groups in total. The zero-order valence-corrected chi connectivity index (χ0v) is 72.0. The molecule has 0 unspecified atom stereocenters. The molecule has 0 amide bonds. The van der Waals surface area contributed by atoms with Crippen LogP contribution in [0, 0.1) is 0 Å². The largest absolute Gasteiger partial charge is 0.370 e. The average Bonchev–Trinajstić information content (AvgIpc) is 0.932. The molecule has 0 fully saturated rings. The third-order valence-corrected chi connectivity index (χ3v) is 15.0. The first kappa shape index (κ1) is 106. The number of aryl methyl sites for hydroxylation is 2. The molecule has 0 spiro atoms. The van der Waals surface area contributed by atoms with Crippen LogP contribution in [0.25, 0.3) is 0 Å². The Bertz CT molecular complexity index is 4670. The summed E-state index contributed by atoms with van der Waals surface area (Å²) in [5, 5.41) is 23.0. The molecule has 664 valence electrons. The van der Waals surface area contributed by atoms with Crippen LogP contribution in [0.15, 0.2) is 323 Å². The van der Waals surface area contributed by atoms with Crippen molar-refractivity contribution in [1.29, 1.82) is 0 Å². The minimum atomic E-state index is -0.0194. The van der Waals surface area contributed by atoms with E-state index in [0.717, 1.165) is 74.1 Å². The lowest BCUT2D eigenvalue weighted by Crippen LogP contribution is -2.41. The molecule has 0 saturated carbocycles. The third kappa shape index (κ3) is 59.4. The SMILES string of the molecule is CN=C(N)N=C(N)Nc1ccccc1.CN=C(N)NC(N)=NCCCc1ccccc1.CN=C(N)NC(N)=NCCc1ccccc1.CN=C(N)NC(N)=NCc1ccccc1.CN=C(N=C(N)N)NCCCc1ccccc1.CN=C(N=C(N)N)NCCc1ccccc1.CN=C(N=C(N)N)NCc1ccccc1.CN=C(N=C(N)N)Nc1ccccc1. The molecule has 0 aromatic heterocycles. The predicted molar refractivity (Wildman–Crippen MR) is 522 cm³/mol. The zero-order valence-electron chi connectivity index (χ0n) is 72.0. The van der Waals surface area contributed by atoms with E-state index < -0.39 is 0 Å². The van der Waals surface area contributed by atoms with E-state index in [2.05, 4.69) is 171 Å². The van der Waals surface area contributed by atoms with Gasteiger partial charge in [0.05, 0.1) is 6.54 Å². The molecule has 8 aromatic rings. The van der Waals surface area contributed by atoms with Gasteiger partial charge < -0.3 is 118 Å². The minimum absolute atomic E-state index is 0.00355. The fourth-order valence-corrected chi connectivity index (χ4v) is 9.05. The topological polar surface area (TPSA) is 710 Å². The van der Waals surface area contributed by atoms with Crippen LogP contribution in [-0.2, 0) is 38.8 Å². The highest BCUT2D eigenvalue weighted by molar-refractivity contribution is 6.02. The first-order chi connectivity index (χ1) is 59.8. The summed E-state index contributed by atoms with van der Waals surface area (Å²) < 4.78 is 0. The number of aliphatic imine (C=N–C) groups is 16. The first-order valence-electron chi connectivity index (χ1n) is 38.6. The van der Waals surface area contributed by atoms with Crippen molar-refractivity contribution in [2.24, 2.45) is 172 Å². The summed E-state index contributed by atoms with van der Waals surface area (Å²) in [5.41, 5.74) is 95.1. The number of benzene rings is 8. The number of guanidine groups is 16. The van der Waals surface area contributed by atoms with E-state index in [1.54, 1.807) is 56.4 Å². The van der Waals surface area contributed by atoms with Gasteiger partial charge in [-0.25, -0.2) is 4.99 Å². The molecule has 0 aliphatic carbocycles. The summed E-state index contributed by atoms with van der Waals surface area (Å²) >= 11 is 0. The second-order valence-electron chi connectivity index (χ2n) is 24.7. The van der Waals surface area contributed by atoms with Crippen LogP contribution < -0.4 is 134 Å². The number of anilines is 2. The fraction of sp³-hybridized carbons (Fsp3) is 0.238. The van der Waals surface area contributed by atoms with Crippen molar-refractivity contribution in [3.05, 3.63) is 276 Å². The molecule has 0 bridgehead atoms. The molecular formula is C84H128N40. The van der Waals surface area contributed by atoms with Gasteiger partial charge in [-0.15, -0.1) is 0 Å². The molecule has 40 heteroatoms. The van der Waals surface area contributed by atoms with Gasteiger partial charge in [0.15, 0.2) is 59.6 Å². The lowest BCUT2D eigenvalue weighted by molar-refractivity contribution is 0.768. The van der Waals surface area contributed by atoms with Crippen molar-refractivity contribution < 1.29 is 0 Å². The standard InChI is InChI=1S/2C12H19N5.2C11H17N5.2C10H15N5.2C9H13N5/c1-15-11(13)17-12(14)16-9-5-8-10-6-3-2-4-7-10;1-15-12(17-11(13)14)16-9-5-8-10-6-3-2-4-7-10;1-14-10(12)16-11(13)15-8-7-9-5-3-2-4-6-9;1-14-11(16-10(12)13)15-8-7-9-5-3-2-4-6-9;1-13-9(11)15-10(12)14-7-8-5-3-2-4-6-8;1-13-10(15-9(11)12)14-7-8-5-3-2-4-6-8;1-12-8(10)14-9(11)13-7-5-3-2-4-6-7;1-12-9(14-8(10)11)13-7-5-3-2-4-6-7/h2*2-4,6-7H,5,8-9H2,1H3,(H5,13,14,15,16,17);2*2-6H,7-8H2,1H3,(H5,12,13,14,15,16);2*2-6H,7H2,1H3,(H5,11,12,13,14,15);2*2-6H,1H3,(H5,10,11,12,13,14). The maximum atomic E-state index is 5.61. The molecular weight excluding hydrogens is 1570 g/mol. The lowest BCUT2D eigenvalue weighted by Gasteiger charge is -2.05. The maximum Gasteiger partial charge on any atom is 0.225 e. The van der Waals surface area contributed by atoms with Gasteiger partial charge in [-0.3, -0.25) is 65.9 Å². The molecule has 0 aliphatic heterocycles. The number of hydrogen-bond acceptors (Lipinski definition) is 11. The van der Waals surface area contributed by atoms with Crippen LogP contribution in [-0.4, -0.2) is 178 Å². The fourth-order valence-electron chi connectivity index (χ4n) is 9.05. The van der Waals surface area contributed by atoms with E-state index in [1.807, 2.05) is 194 Å². The predicted octanol–water partition coefficient (Wildman–Crippen LogP) is 1.88. The molecule has 0 radical (unpaired) electrons. The smallest absolute Gasteiger partial charge is 0.225 e. The maximum absolute atomic E-state index is 5.61. The van der Waals surface area contributed by atoms with Gasteiger partial charge in [0.2, 0.25) is 35.8 Å². The number of rotatable bonds is 20. The number of nitrogens with two attached hydrogens (primary N) is 16. The van der Waals surface area contributed by atoms with E-state index in [0.29, 0.717) is 61.9 Å². The summed E-state index contributed by atoms with van der Waals surface area (Å²) in [6, 6.07) is 79.6. The Balaban J connectivity index is 0.000000709. The Labute approximate surface area is 727 Å². The molecule has 8 rings (SSSR count). The lowest BCUT2D eigenvalue weighted by atomic mass is 10.1. The summed E-state index contributed by atoms with van der Waals surface area (Å²) in [4.78, 5) is 61.9. The van der Waals surface area contributed by atoms with Crippen LogP contribution in [0.2, 0.25) is 0 Å². The van der Waals surface area contributed by atoms with Gasteiger partial charge in [0.1, 0.15) is 0 Å². The quantitative estimate of drug-likeness (QED) is 0.0294. The van der Waals surface area contributed by atoms with Crippen LogP contribution in [0.3, 0.4) is 0 Å². The second-order valence-corrected chi connectivity index (χ2v) is 24.7. The molecule has 124 heavy (non-hydrogen) atoms. The number of para-hydroxylation sites is 2. The molecule has 40 nitrogen and oxygen atoms in total. The van der Waals surface area contributed by atoms with Gasteiger partial charge in [0, 0.05) is 100 Å². The van der Waals surface area contributed by atoms with Crippen LogP contribution in [0.5, 0.6) is 0 Å². The number of nitrogens with zero attached hydrogens (tertiary/aromatic N) is 16. The number of hydrogen-bond donors (Lipinski definition) is 24. The highest BCUT2D eigenvalue weighted by Crippen LogP contribution is 2.08. The van der Waals surface area contributed by atoms with Crippen LogP contribution in [0.4, 0.5) is 11.4 Å². The van der Waals surface area contributed by atoms with Crippen molar-refractivity contribution in [2.45, 2.75) is 51.6 Å². The summed E-state index contributed by atoms with van der Waals surface area (Å²) in [6.45, 7) is 4.00. The van der Waals surface area contributed by atoms with Crippen molar-refractivity contribution in [2.75, 3.05) is 93.2 Å². The first-order valence-corrected chi connectivity index (χ1v) is 38.6. The molecule has 0 saturated heterocycles. The van der Waals surface area contributed by atoms with Gasteiger partial charge in [-0.2, -0.15) is 25.0 Å². The Hall–Kier alpha value is -16.3. The summed E-state index contributed by atoms with van der Waals surface area (Å²) in [5.74, 6) is 3.76. The average molecular weight is 1700 g/mol. The van der Waals surface area contributed by atoms with Crippen LogP contribution >= 0.6 is 0 Å². The van der Waals surface area contributed by atoms with Gasteiger partial charge in [0.25, 0.3) is 0 Å². The molecule has 0 atom stereocenters. The van der Waals surface area contributed by atoms with Gasteiger partial charge in [-0.1, -0.05) is 218 Å². The Morgan fingerprint density at radius 1 is 0.242 bits per heavy atom. The Kier molecular flexibility index (Phi) is 58.6. The normalized spacial score (nSPS) is 11.7. The van der Waals surface area contributed by atoms with E-state index in [1.165, 1.54) is 22.3 Å². The zero-order chi connectivity index (χ0) is 91.6. The Morgan fingerprint density at radius 2 is 0.548 bits per heavy atom. The molecule has 0 aliphatic rings. The van der Waals surface area contributed by atoms with Crippen molar-refractivity contribution >= 4 is 107 Å². The highest BCUT2D eigenvalue weighted by Gasteiger charge is 2.03. The van der Waals surface area contributed by atoms with Crippen LogP contribution in [0.1, 0.15) is 46.2 Å². The highest BCUT2D eigenvalue weighted by atomic mass is 15.2. The molecule has 8 aromatic carbocycles. The monoisotopic (exact) mass is 1700 g/mol. The number of nitrogens with one attached hydrogen (secondary N) is 8. The van der Waals surface area contributed by atoms with Crippen molar-refractivity contribution in [1.82, 2.24) is 31.9 Å². The summed E-state index contributed by atoms with van der Waals surface area (Å²) in [7, 11) is 12.8. The van der Waals surface area contributed by atoms with Crippen molar-refractivity contribution in [3.8, 4) is 0 Å². The van der Waals surface area contributed by atoms with E-state index in [9.17, 15) is 0 Å². The minimum Gasteiger partial charge on any atom is -0.370 e. The van der Waals surface area contributed by atoms with Gasteiger partial charge >= 0.3 is 0 Å². The third-order valence-electron chi connectivity index (χ3n) is 15.0. The van der Waals surface area contributed by atoms with Crippen molar-refractivity contribution in [3.63, 3.8) is 0 Å². The summed E-state index contributed by atoms with van der Waals surface area (Å²) in [6.07, 6.45) is 5.73. The molecule has 0 heterocycles. The van der Waals surface area contributed by atoms with E-state index >= 15 is 0 Å². The van der Waals surface area contributed by atoms with Gasteiger partial charge in [-0.05, 0) is 96.2 Å². The van der Waals surface area contributed by atoms with E-state index in [4.69, 9.17) is 91.7 Å². The van der Waals surface area contributed by atoms with E-state index in [-0.39, 0.29) is 59.6 Å². The second kappa shape index (κ2) is 68.7. The Morgan fingerprint density at radius 3 is 0.919 bits per heavy atom.